The molecular formula is C51H46F2N6O6. The Labute approximate surface area is 372 Å². The standard InChI is InChI=1S/C51H46F2N6O6/c1-58-26-42-40(16-29(18-43(42)57-58)27-64-45-14-4-2-8-31(45)21-47(60)61)36-12-7-13-37(50(36)53)51(55)38-20-34(38)25-59-44-19-30(28-65-46-15-5-3-9-32(46)22-48(62)63)17-39(41(44)24-56-59)35-11-6-10-33(23-54)49(35)52/h2-19,24,26,34,38,51H,20-23,25,27-28,54-55H2,1H3,(H,60,61)(H,62,63). The van der Waals surface area contributed by atoms with Crippen LogP contribution in [0.5, 0.6) is 11.5 Å². The van der Waals surface area contributed by atoms with E-state index in [1.54, 1.807) is 96.8 Å². The number of ether oxygens (including phenoxy) is 2. The van der Waals surface area contributed by atoms with Crippen LogP contribution >= 0.6 is 0 Å². The summed E-state index contributed by atoms with van der Waals surface area (Å²) in [5.74, 6) is -1.89. The number of carboxylic acids is 2. The first-order valence-electron chi connectivity index (χ1n) is 21.3. The van der Waals surface area contributed by atoms with Gasteiger partial charge in [0, 0.05) is 76.5 Å². The van der Waals surface area contributed by atoms with Crippen LogP contribution in [0.3, 0.4) is 0 Å². The number of aliphatic carboxylic acids is 2. The van der Waals surface area contributed by atoms with Crippen LogP contribution in [0.25, 0.3) is 44.1 Å². The van der Waals surface area contributed by atoms with Crippen molar-refractivity contribution in [3.8, 4) is 33.8 Å². The molecule has 330 valence electrons. The van der Waals surface area contributed by atoms with Crippen molar-refractivity contribution >= 4 is 33.7 Å². The van der Waals surface area contributed by atoms with Gasteiger partial charge >= 0.3 is 11.9 Å². The Kier molecular flexibility index (Phi) is 11.9. The van der Waals surface area contributed by atoms with Gasteiger partial charge in [-0.2, -0.15) is 10.2 Å². The van der Waals surface area contributed by atoms with E-state index in [2.05, 4.69) is 5.10 Å². The Morgan fingerprint density at radius 1 is 0.754 bits per heavy atom. The van der Waals surface area contributed by atoms with E-state index >= 15 is 8.78 Å². The van der Waals surface area contributed by atoms with Crippen LogP contribution in [-0.2, 0) is 55.8 Å². The van der Waals surface area contributed by atoms with Crippen molar-refractivity contribution in [1.82, 2.24) is 19.6 Å². The molecule has 2 aromatic heterocycles. The molecule has 6 N–H and O–H groups in total. The second kappa shape index (κ2) is 18.0. The molecule has 14 heteroatoms. The number of aromatic nitrogens is 4. The lowest BCUT2D eigenvalue weighted by molar-refractivity contribution is -0.137. The van der Waals surface area contributed by atoms with E-state index in [9.17, 15) is 19.8 Å². The van der Waals surface area contributed by atoms with Gasteiger partial charge in [0.05, 0.1) is 30.1 Å². The van der Waals surface area contributed by atoms with Gasteiger partial charge in [-0.3, -0.25) is 19.0 Å². The molecule has 3 atom stereocenters. The molecule has 9 rings (SSSR count). The first-order chi connectivity index (χ1) is 31.4. The maximum absolute atomic E-state index is 16.9. The molecule has 8 aromatic rings. The maximum Gasteiger partial charge on any atom is 0.307 e. The average molecular weight is 877 g/mol. The molecule has 6 aromatic carbocycles. The van der Waals surface area contributed by atoms with Gasteiger partial charge in [-0.15, -0.1) is 0 Å². The number of hydrogen-bond acceptors (Lipinski definition) is 8. The summed E-state index contributed by atoms with van der Waals surface area (Å²) in [4.78, 5) is 23.0. The Morgan fingerprint density at radius 2 is 1.34 bits per heavy atom. The van der Waals surface area contributed by atoms with E-state index < -0.39 is 29.6 Å². The number of halogens is 2. The van der Waals surface area contributed by atoms with Crippen LogP contribution in [0.2, 0.25) is 0 Å². The normalized spacial score (nSPS) is 15.0. The third-order valence-electron chi connectivity index (χ3n) is 12.2. The molecule has 65 heavy (non-hydrogen) atoms. The predicted molar refractivity (Wildman–Crippen MR) is 242 cm³/mol. The van der Waals surface area contributed by atoms with Crippen LogP contribution in [0.4, 0.5) is 8.78 Å². The lowest BCUT2D eigenvalue weighted by Crippen LogP contribution is -2.17. The number of rotatable bonds is 17. The van der Waals surface area contributed by atoms with Gasteiger partial charge in [0.25, 0.3) is 0 Å². The van der Waals surface area contributed by atoms with E-state index in [0.717, 1.165) is 33.8 Å². The van der Waals surface area contributed by atoms with Gasteiger partial charge in [-0.05, 0) is 76.9 Å². The molecule has 0 radical (unpaired) electrons. The minimum Gasteiger partial charge on any atom is -0.489 e. The van der Waals surface area contributed by atoms with Crippen LogP contribution in [0.1, 0.15) is 45.8 Å². The zero-order valence-corrected chi connectivity index (χ0v) is 35.5. The summed E-state index contributed by atoms with van der Waals surface area (Å²) < 4.78 is 48.7. The Hall–Kier alpha value is -7.42. The highest BCUT2D eigenvalue weighted by Crippen LogP contribution is 2.49. The number of hydrogen-bond donors (Lipinski definition) is 4. The van der Waals surface area contributed by atoms with Gasteiger partial charge in [-0.1, -0.05) is 72.8 Å². The van der Waals surface area contributed by atoms with Crippen LogP contribution in [0, 0.1) is 23.5 Å². The first kappa shape index (κ1) is 42.9. The topological polar surface area (TPSA) is 181 Å². The number of para-hydroxylation sites is 2. The third-order valence-corrected chi connectivity index (χ3v) is 12.2. The van der Waals surface area contributed by atoms with E-state index in [0.29, 0.717) is 68.1 Å². The zero-order valence-electron chi connectivity index (χ0n) is 35.5. The lowest BCUT2D eigenvalue weighted by Gasteiger charge is -2.17. The quantitative estimate of drug-likeness (QED) is 0.0691. The molecule has 1 aliphatic rings. The summed E-state index contributed by atoms with van der Waals surface area (Å²) in [6.07, 6.45) is 3.92. The summed E-state index contributed by atoms with van der Waals surface area (Å²) in [7, 11) is 1.80. The van der Waals surface area contributed by atoms with Crippen molar-refractivity contribution in [2.24, 2.45) is 30.4 Å². The smallest absolute Gasteiger partial charge is 0.307 e. The molecule has 0 bridgehead atoms. The van der Waals surface area contributed by atoms with E-state index in [1.165, 1.54) is 0 Å². The molecule has 0 spiro atoms. The van der Waals surface area contributed by atoms with Gasteiger partial charge in [0.2, 0.25) is 0 Å². The van der Waals surface area contributed by atoms with E-state index in [4.69, 9.17) is 26.0 Å². The third kappa shape index (κ3) is 8.90. The van der Waals surface area contributed by atoms with Crippen molar-refractivity contribution in [1.29, 1.82) is 0 Å². The Morgan fingerprint density at radius 3 is 1.98 bits per heavy atom. The fourth-order valence-electron chi connectivity index (χ4n) is 8.86. The highest BCUT2D eigenvalue weighted by Gasteiger charge is 2.43. The number of carboxylic acid groups (broad SMARTS) is 2. The summed E-state index contributed by atoms with van der Waals surface area (Å²) in [6, 6.07) is 31.3. The highest BCUT2D eigenvalue weighted by molar-refractivity contribution is 5.96. The van der Waals surface area contributed by atoms with Crippen LogP contribution in [0.15, 0.2) is 122 Å². The van der Waals surface area contributed by atoms with Crippen molar-refractivity contribution in [3.63, 3.8) is 0 Å². The Bertz CT molecular complexity index is 3110. The largest absolute Gasteiger partial charge is 0.489 e. The molecule has 2 heterocycles. The van der Waals surface area contributed by atoms with Crippen molar-refractivity contribution in [3.05, 3.63) is 167 Å². The monoisotopic (exact) mass is 876 g/mol. The molecule has 12 nitrogen and oxygen atoms in total. The lowest BCUT2D eigenvalue weighted by atomic mass is 9.93. The minimum absolute atomic E-state index is 0.0280. The van der Waals surface area contributed by atoms with Gasteiger partial charge in [-0.25, -0.2) is 8.78 Å². The zero-order chi connectivity index (χ0) is 45.4. The minimum atomic E-state index is -0.976. The molecule has 0 saturated heterocycles. The Balaban J connectivity index is 0.985. The van der Waals surface area contributed by atoms with Gasteiger partial charge < -0.3 is 31.2 Å². The number of fused-ring (bicyclic) bond motifs is 2. The molecular weight excluding hydrogens is 831 g/mol. The first-order valence-corrected chi connectivity index (χ1v) is 21.3. The van der Waals surface area contributed by atoms with E-state index in [-0.39, 0.29) is 44.4 Å². The van der Waals surface area contributed by atoms with E-state index in [1.807, 2.05) is 41.2 Å². The number of nitrogens with zero attached hydrogens (tertiary/aromatic N) is 4. The summed E-state index contributed by atoms with van der Waals surface area (Å²) in [5, 5.41) is 29.7. The highest BCUT2D eigenvalue weighted by atomic mass is 19.1. The maximum atomic E-state index is 16.9. The number of nitrogens with two attached hydrogens (primary N) is 2. The molecule has 0 aliphatic heterocycles. The van der Waals surface area contributed by atoms with Crippen molar-refractivity contribution < 1.29 is 38.1 Å². The number of benzene rings is 6. The predicted octanol–water partition coefficient (Wildman–Crippen LogP) is 8.74. The van der Waals surface area contributed by atoms with Crippen LogP contribution in [-0.4, -0.2) is 41.7 Å². The van der Waals surface area contributed by atoms with Crippen molar-refractivity contribution in [2.75, 3.05) is 0 Å². The number of carbonyl (C=O) groups is 2. The number of aryl methyl sites for hydroxylation is 1. The van der Waals surface area contributed by atoms with Crippen molar-refractivity contribution in [2.45, 2.75) is 51.6 Å². The second-order valence-corrected chi connectivity index (χ2v) is 16.6. The SMILES string of the molecule is Cn1cc2c(-c3cccc(C(N)C4CC4Cn4ncc5c(-c6cccc(CN)c6F)cc(COc6ccccc6CC(=O)O)cc54)c3F)cc(COc3ccccc3CC(=O)O)cc2n1. The molecule has 1 aliphatic carbocycles. The van der Waals surface area contributed by atoms with Crippen LogP contribution < -0.4 is 20.9 Å². The summed E-state index contributed by atoms with van der Waals surface area (Å²) in [6.45, 7) is 0.694. The summed E-state index contributed by atoms with van der Waals surface area (Å²) in [5.41, 5.74) is 19.5. The average Bonchev–Trinajstić information content (AvgIpc) is 3.78. The molecule has 1 saturated carbocycles. The second-order valence-electron chi connectivity index (χ2n) is 16.6. The fourth-order valence-corrected chi connectivity index (χ4v) is 8.86. The summed E-state index contributed by atoms with van der Waals surface area (Å²) >= 11 is 0. The molecule has 0 amide bonds. The van der Waals surface area contributed by atoms with Gasteiger partial charge in [0.1, 0.15) is 36.3 Å². The fraction of sp³-hybridized carbons (Fsp3) is 0.216. The molecule has 3 unspecified atom stereocenters. The molecule has 1 fully saturated rings. The van der Waals surface area contributed by atoms with Gasteiger partial charge in [0.15, 0.2) is 0 Å².